The maximum Gasteiger partial charge on any atom is 0.122 e. The van der Waals surface area contributed by atoms with Crippen LogP contribution in [0.2, 0.25) is 0 Å². The van der Waals surface area contributed by atoms with Crippen LogP contribution in [0.5, 0.6) is 0 Å². The summed E-state index contributed by atoms with van der Waals surface area (Å²) in [5.41, 5.74) is 5.97. The molecule has 0 bridgehead atoms. The summed E-state index contributed by atoms with van der Waals surface area (Å²) in [4.78, 5) is 0. The molecule has 1 aliphatic rings. The van der Waals surface area contributed by atoms with Crippen molar-refractivity contribution in [3.05, 3.63) is 35.9 Å². The topological polar surface area (TPSA) is 61.9 Å². The van der Waals surface area contributed by atoms with Gasteiger partial charge in [-0.3, -0.25) is 5.41 Å². The Kier molecular flexibility index (Phi) is 5.48. The number of nitrogens with two attached hydrogens (primary N) is 1. The number of amidine groups is 1. The molecular formula is C12H19N3. The molecule has 1 heterocycles. The minimum absolute atomic E-state index is 0.121. The number of benzene rings is 1. The lowest BCUT2D eigenvalue weighted by Gasteiger charge is -2.08. The fourth-order valence-corrected chi connectivity index (χ4v) is 1.42. The van der Waals surface area contributed by atoms with Gasteiger partial charge in [0.15, 0.2) is 0 Å². The molecule has 0 amide bonds. The molecule has 0 saturated carbocycles. The van der Waals surface area contributed by atoms with Crippen LogP contribution in [0.25, 0.3) is 0 Å². The molecule has 15 heavy (non-hydrogen) atoms. The number of piperidine rings is 1. The van der Waals surface area contributed by atoms with Crippen molar-refractivity contribution in [3.8, 4) is 0 Å². The molecule has 1 aromatic carbocycles. The first-order chi connectivity index (χ1) is 7.30. The van der Waals surface area contributed by atoms with Crippen molar-refractivity contribution >= 4 is 5.84 Å². The van der Waals surface area contributed by atoms with Crippen LogP contribution < -0.4 is 11.1 Å². The second-order valence-electron chi connectivity index (χ2n) is 3.59. The van der Waals surface area contributed by atoms with Crippen LogP contribution >= 0.6 is 0 Å². The second-order valence-corrected chi connectivity index (χ2v) is 3.59. The number of rotatable bonds is 1. The lowest BCUT2D eigenvalue weighted by atomic mass is 10.2. The smallest absolute Gasteiger partial charge is 0.122 e. The van der Waals surface area contributed by atoms with E-state index in [1.807, 2.05) is 30.3 Å². The maximum absolute atomic E-state index is 7.01. The number of hydrogen-bond donors (Lipinski definition) is 3. The van der Waals surface area contributed by atoms with E-state index in [9.17, 15) is 0 Å². The lowest BCUT2D eigenvalue weighted by Crippen LogP contribution is -2.21. The quantitative estimate of drug-likeness (QED) is 0.483. The Labute approximate surface area is 91.2 Å². The van der Waals surface area contributed by atoms with Gasteiger partial charge in [0, 0.05) is 5.56 Å². The predicted molar refractivity (Wildman–Crippen MR) is 64.2 cm³/mol. The standard InChI is InChI=1S/C7H8N2.C5H11N/c8-7(9)6-4-2-1-3-5-6;1-2-4-6-5-3-1/h1-5H,(H3,8,9);6H,1-5H2. The van der Waals surface area contributed by atoms with Crippen LogP contribution in [-0.2, 0) is 0 Å². The zero-order valence-electron chi connectivity index (χ0n) is 9.00. The van der Waals surface area contributed by atoms with E-state index in [0.29, 0.717) is 0 Å². The van der Waals surface area contributed by atoms with Crippen LogP contribution in [0.1, 0.15) is 24.8 Å². The Hall–Kier alpha value is -1.35. The normalized spacial score (nSPS) is 14.9. The Morgan fingerprint density at radius 2 is 1.67 bits per heavy atom. The largest absolute Gasteiger partial charge is 0.384 e. The third kappa shape index (κ3) is 5.18. The first kappa shape index (κ1) is 11.7. The van der Waals surface area contributed by atoms with Crippen LogP contribution in [0.4, 0.5) is 0 Å². The fourth-order valence-electron chi connectivity index (χ4n) is 1.42. The van der Waals surface area contributed by atoms with Gasteiger partial charge in [-0.15, -0.1) is 0 Å². The molecular weight excluding hydrogens is 186 g/mol. The zero-order valence-corrected chi connectivity index (χ0v) is 9.00. The molecule has 1 aliphatic heterocycles. The summed E-state index contributed by atoms with van der Waals surface area (Å²) in [6.45, 7) is 2.50. The van der Waals surface area contributed by atoms with Crippen molar-refractivity contribution < 1.29 is 0 Å². The van der Waals surface area contributed by atoms with Gasteiger partial charge in [0.1, 0.15) is 5.84 Å². The molecule has 0 radical (unpaired) electrons. The minimum Gasteiger partial charge on any atom is -0.384 e. The second kappa shape index (κ2) is 7.01. The summed E-state index contributed by atoms with van der Waals surface area (Å²) in [6, 6.07) is 9.23. The van der Waals surface area contributed by atoms with Gasteiger partial charge in [-0.1, -0.05) is 36.8 Å². The first-order valence-electron chi connectivity index (χ1n) is 5.41. The van der Waals surface area contributed by atoms with E-state index in [0.717, 1.165) is 5.56 Å². The highest BCUT2D eigenvalue weighted by Crippen LogP contribution is 1.96. The van der Waals surface area contributed by atoms with E-state index >= 15 is 0 Å². The van der Waals surface area contributed by atoms with Crippen LogP contribution in [-0.4, -0.2) is 18.9 Å². The predicted octanol–water partition coefficient (Wildman–Crippen LogP) is 1.73. The molecule has 1 fully saturated rings. The van der Waals surface area contributed by atoms with E-state index in [-0.39, 0.29) is 5.84 Å². The van der Waals surface area contributed by atoms with Crippen molar-refractivity contribution in [2.45, 2.75) is 19.3 Å². The van der Waals surface area contributed by atoms with Crippen molar-refractivity contribution in [1.82, 2.24) is 5.32 Å². The van der Waals surface area contributed by atoms with E-state index < -0.39 is 0 Å². The molecule has 0 aromatic heterocycles. The summed E-state index contributed by atoms with van der Waals surface area (Å²) in [6.07, 6.45) is 4.22. The Morgan fingerprint density at radius 1 is 1.07 bits per heavy atom. The molecule has 3 nitrogen and oxygen atoms in total. The first-order valence-corrected chi connectivity index (χ1v) is 5.41. The van der Waals surface area contributed by atoms with Gasteiger partial charge in [-0.25, -0.2) is 0 Å². The van der Waals surface area contributed by atoms with Crippen LogP contribution in [0, 0.1) is 5.41 Å². The maximum atomic E-state index is 7.01. The van der Waals surface area contributed by atoms with Gasteiger partial charge < -0.3 is 11.1 Å². The van der Waals surface area contributed by atoms with Gasteiger partial charge in [0.05, 0.1) is 0 Å². The molecule has 0 atom stereocenters. The zero-order chi connectivity index (χ0) is 10.9. The third-order valence-corrected chi connectivity index (χ3v) is 2.29. The fraction of sp³-hybridized carbons (Fsp3) is 0.417. The monoisotopic (exact) mass is 205 g/mol. The summed E-state index contributed by atoms with van der Waals surface area (Å²) in [5.74, 6) is 0.121. The Balaban J connectivity index is 0.000000162. The van der Waals surface area contributed by atoms with Crippen molar-refractivity contribution in [2.75, 3.05) is 13.1 Å². The van der Waals surface area contributed by atoms with Crippen LogP contribution in [0.15, 0.2) is 30.3 Å². The average Bonchev–Trinajstić information content (AvgIpc) is 2.33. The SMILES string of the molecule is C1CCNCC1.N=C(N)c1ccccc1. The molecule has 2 rings (SSSR count). The molecule has 0 spiro atoms. The highest BCUT2D eigenvalue weighted by Gasteiger charge is 1.93. The molecule has 1 aromatic rings. The van der Waals surface area contributed by atoms with E-state index in [1.54, 1.807) is 0 Å². The lowest BCUT2D eigenvalue weighted by molar-refractivity contribution is 0.520. The highest BCUT2D eigenvalue weighted by molar-refractivity contribution is 5.94. The van der Waals surface area contributed by atoms with Gasteiger partial charge in [0.2, 0.25) is 0 Å². The molecule has 1 saturated heterocycles. The Morgan fingerprint density at radius 3 is 1.93 bits per heavy atom. The minimum atomic E-state index is 0.121. The number of nitrogen functional groups attached to an aromatic ring is 1. The summed E-state index contributed by atoms with van der Waals surface area (Å²) >= 11 is 0. The summed E-state index contributed by atoms with van der Waals surface area (Å²) < 4.78 is 0. The Bertz CT molecular complexity index is 267. The molecule has 3 heteroatoms. The molecule has 0 unspecified atom stereocenters. The van der Waals surface area contributed by atoms with E-state index in [2.05, 4.69) is 5.32 Å². The molecule has 82 valence electrons. The van der Waals surface area contributed by atoms with Gasteiger partial charge in [-0.05, 0) is 25.9 Å². The van der Waals surface area contributed by atoms with E-state index in [1.165, 1.54) is 32.4 Å². The summed E-state index contributed by atoms with van der Waals surface area (Å²) in [5, 5.41) is 10.3. The van der Waals surface area contributed by atoms with Crippen molar-refractivity contribution in [1.29, 1.82) is 5.41 Å². The summed E-state index contributed by atoms with van der Waals surface area (Å²) in [7, 11) is 0. The van der Waals surface area contributed by atoms with Crippen LogP contribution in [0.3, 0.4) is 0 Å². The van der Waals surface area contributed by atoms with Crippen molar-refractivity contribution in [3.63, 3.8) is 0 Å². The molecule has 4 N–H and O–H groups in total. The van der Waals surface area contributed by atoms with Crippen molar-refractivity contribution in [2.24, 2.45) is 5.73 Å². The highest BCUT2D eigenvalue weighted by atomic mass is 14.9. The number of hydrogen-bond acceptors (Lipinski definition) is 2. The van der Waals surface area contributed by atoms with Gasteiger partial charge >= 0.3 is 0 Å². The third-order valence-electron chi connectivity index (χ3n) is 2.29. The number of nitrogens with one attached hydrogen (secondary N) is 2. The van der Waals surface area contributed by atoms with E-state index in [4.69, 9.17) is 11.1 Å². The van der Waals surface area contributed by atoms with Gasteiger partial charge in [-0.2, -0.15) is 0 Å². The molecule has 0 aliphatic carbocycles. The van der Waals surface area contributed by atoms with Gasteiger partial charge in [0.25, 0.3) is 0 Å². The average molecular weight is 205 g/mol.